The van der Waals surface area contributed by atoms with Crippen molar-refractivity contribution in [2.24, 2.45) is 0 Å². The second-order valence-corrected chi connectivity index (χ2v) is 9.17. The molecule has 1 heterocycles. The van der Waals surface area contributed by atoms with Gasteiger partial charge in [-0.1, -0.05) is 36.6 Å². The minimum Gasteiger partial charge on any atom is -0.497 e. The van der Waals surface area contributed by atoms with E-state index in [0.29, 0.717) is 22.6 Å². The molecule has 1 N–H and O–H groups in total. The lowest BCUT2D eigenvalue weighted by molar-refractivity contribution is -0.142. The Morgan fingerprint density at radius 3 is 2.59 bits per heavy atom. The molecule has 3 aromatic rings. The molecule has 0 bridgehead atoms. The van der Waals surface area contributed by atoms with E-state index >= 15 is 0 Å². The van der Waals surface area contributed by atoms with Crippen LogP contribution in [0, 0.1) is 0 Å². The Morgan fingerprint density at radius 2 is 1.86 bits per heavy atom. The summed E-state index contributed by atoms with van der Waals surface area (Å²) in [5, 5.41) is 11.5. The number of carbonyl (C=O) groups is 2. The summed E-state index contributed by atoms with van der Waals surface area (Å²) >= 11 is 0. The van der Waals surface area contributed by atoms with Crippen LogP contribution >= 0.6 is 0 Å². The highest BCUT2D eigenvalue weighted by Crippen LogP contribution is 2.34. The number of benzene rings is 2. The van der Waals surface area contributed by atoms with Crippen molar-refractivity contribution < 1.29 is 23.8 Å². The van der Waals surface area contributed by atoms with Crippen molar-refractivity contribution in [3.63, 3.8) is 0 Å². The van der Waals surface area contributed by atoms with Crippen molar-refractivity contribution in [3.05, 3.63) is 48.0 Å². The number of hydrogen-bond acceptors (Lipinski definition) is 7. The number of fused-ring (bicyclic) bond motifs is 1. The third-order valence-corrected chi connectivity index (χ3v) is 6.81. The van der Waals surface area contributed by atoms with E-state index in [1.54, 1.807) is 42.0 Å². The lowest BCUT2D eigenvalue weighted by Crippen LogP contribution is -2.49. The van der Waals surface area contributed by atoms with Gasteiger partial charge in [0.1, 0.15) is 29.6 Å². The van der Waals surface area contributed by atoms with Gasteiger partial charge in [-0.3, -0.25) is 9.59 Å². The summed E-state index contributed by atoms with van der Waals surface area (Å²) in [6.45, 7) is 0.394. The Balaban J connectivity index is 1.71. The van der Waals surface area contributed by atoms with Gasteiger partial charge in [0, 0.05) is 31.3 Å². The van der Waals surface area contributed by atoms with Gasteiger partial charge in [-0.2, -0.15) is 0 Å². The SMILES string of the molecule is COCCN(C(=O)Cn1nnc2ccccc21)[C@@H](C(=O)NC1CCCCC1)c1ccc(OC)cc1OC. The van der Waals surface area contributed by atoms with Gasteiger partial charge in [0.25, 0.3) is 0 Å². The third-order valence-electron chi connectivity index (χ3n) is 6.81. The molecule has 0 radical (unpaired) electrons. The van der Waals surface area contributed by atoms with Crippen molar-refractivity contribution in [2.75, 3.05) is 34.5 Å². The third kappa shape index (κ3) is 6.19. The number of hydrogen-bond donors (Lipinski definition) is 1. The average Bonchev–Trinajstić information content (AvgIpc) is 3.33. The summed E-state index contributed by atoms with van der Waals surface area (Å²) in [6, 6.07) is 11.9. The minimum atomic E-state index is -0.930. The molecule has 0 unspecified atom stereocenters. The van der Waals surface area contributed by atoms with E-state index < -0.39 is 6.04 Å². The smallest absolute Gasteiger partial charge is 0.247 e. The number of rotatable bonds is 11. The van der Waals surface area contributed by atoms with Crippen LogP contribution in [-0.4, -0.2) is 72.2 Å². The Labute approximate surface area is 216 Å². The summed E-state index contributed by atoms with van der Waals surface area (Å²) < 4.78 is 17.9. The van der Waals surface area contributed by atoms with Crippen molar-refractivity contribution >= 4 is 22.8 Å². The van der Waals surface area contributed by atoms with Gasteiger partial charge in [0.2, 0.25) is 11.8 Å². The summed E-state index contributed by atoms with van der Waals surface area (Å²) in [6.07, 6.45) is 5.18. The maximum atomic E-state index is 13.9. The molecular formula is C27H35N5O5. The summed E-state index contributed by atoms with van der Waals surface area (Å²) in [5.74, 6) is 0.526. The molecular weight excluding hydrogens is 474 g/mol. The first-order valence-corrected chi connectivity index (χ1v) is 12.6. The second-order valence-electron chi connectivity index (χ2n) is 9.17. The number of para-hydroxylation sites is 1. The first-order chi connectivity index (χ1) is 18.0. The van der Waals surface area contributed by atoms with Crippen LogP contribution in [0.4, 0.5) is 0 Å². The number of nitrogens with one attached hydrogen (secondary N) is 1. The number of amides is 2. The Hall–Kier alpha value is -3.66. The lowest BCUT2D eigenvalue weighted by Gasteiger charge is -2.34. The molecule has 2 amide bonds. The zero-order chi connectivity index (χ0) is 26.2. The van der Waals surface area contributed by atoms with E-state index in [2.05, 4.69) is 15.6 Å². The molecule has 0 spiro atoms. The maximum Gasteiger partial charge on any atom is 0.247 e. The molecule has 1 aromatic heterocycles. The van der Waals surface area contributed by atoms with Crippen molar-refractivity contribution in [1.82, 2.24) is 25.2 Å². The highest BCUT2D eigenvalue weighted by molar-refractivity contribution is 5.90. The normalized spacial score (nSPS) is 14.8. The maximum absolute atomic E-state index is 13.9. The van der Waals surface area contributed by atoms with Crippen molar-refractivity contribution in [1.29, 1.82) is 0 Å². The molecule has 1 aliphatic carbocycles. The first kappa shape index (κ1) is 26.4. The highest BCUT2D eigenvalue weighted by atomic mass is 16.5. The van der Waals surface area contributed by atoms with Crippen LogP contribution in [-0.2, 0) is 20.9 Å². The van der Waals surface area contributed by atoms with E-state index in [4.69, 9.17) is 14.2 Å². The van der Waals surface area contributed by atoms with Crippen LogP contribution in [0.15, 0.2) is 42.5 Å². The monoisotopic (exact) mass is 509 g/mol. The average molecular weight is 510 g/mol. The molecule has 2 aromatic carbocycles. The van der Waals surface area contributed by atoms with Crippen LogP contribution in [0.1, 0.15) is 43.7 Å². The predicted octanol–water partition coefficient (Wildman–Crippen LogP) is 3.11. The first-order valence-electron chi connectivity index (χ1n) is 12.6. The van der Waals surface area contributed by atoms with Gasteiger partial charge in [-0.15, -0.1) is 5.10 Å². The van der Waals surface area contributed by atoms with Gasteiger partial charge >= 0.3 is 0 Å². The molecule has 1 aliphatic rings. The molecule has 198 valence electrons. The van der Waals surface area contributed by atoms with Gasteiger partial charge < -0.3 is 24.4 Å². The predicted molar refractivity (Wildman–Crippen MR) is 138 cm³/mol. The fraction of sp³-hybridized carbons (Fsp3) is 0.481. The van der Waals surface area contributed by atoms with Gasteiger partial charge in [0.05, 0.1) is 26.3 Å². The van der Waals surface area contributed by atoms with Crippen LogP contribution in [0.25, 0.3) is 11.0 Å². The van der Waals surface area contributed by atoms with Crippen LogP contribution in [0.5, 0.6) is 11.5 Å². The van der Waals surface area contributed by atoms with E-state index in [9.17, 15) is 9.59 Å². The molecule has 0 aliphatic heterocycles. The number of nitrogens with zero attached hydrogens (tertiary/aromatic N) is 4. The van der Waals surface area contributed by atoms with E-state index in [0.717, 1.165) is 31.2 Å². The van der Waals surface area contributed by atoms with Gasteiger partial charge in [-0.05, 0) is 37.1 Å². The van der Waals surface area contributed by atoms with Crippen LogP contribution in [0.2, 0.25) is 0 Å². The van der Waals surface area contributed by atoms with E-state index in [-0.39, 0.29) is 37.6 Å². The number of carbonyl (C=O) groups excluding carboxylic acids is 2. The summed E-state index contributed by atoms with van der Waals surface area (Å²) in [7, 11) is 4.68. The zero-order valence-corrected chi connectivity index (χ0v) is 21.7. The molecule has 1 fully saturated rings. The molecule has 37 heavy (non-hydrogen) atoms. The van der Waals surface area contributed by atoms with Crippen molar-refractivity contribution in [2.45, 2.75) is 50.7 Å². The molecule has 0 saturated heterocycles. The molecule has 1 saturated carbocycles. The van der Waals surface area contributed by atoms with E-state index in [1.165, 1.54) is 13.5 Å². The van der Waals surface area contributed by atoms with Gasteiger partial charge in [0.15, 0.2) is 0 Å². The number of methoxy groups -OCH3 is 3. The fourth-order valence-electron chi connectivity index (χ4n) is 4.86. The molecule has 4 rings (SSSR count). The lowest BCUT2D eigenvalue weighted by atomic mass is 9.94. The van der Waals surface area contributed by atoms with Crippen LogP contribution < -0.4 is 14.8 Å². The Bertz CT molecular complexity index is 1210. The molecule has 10 nitrogen and oxygen atoms in total. The summed E-state index contributed by atoms with van der Waals surface area (Å²) in [5.41, 5.74) is 2.01. The summed E-state index contributed by atoms with van der Waals surface area (Å²) in [4.78, 5) is 29.3. The Morgan fingerprint density at radius 1 is 1.08 bits per heavy atom. The van der Waals surface area contributed by atoms with Gasteiger partial charge in [-0.25, -0.2) is 4.68 Å². The quantitative estimate of drug-likeness (QED) is 0.423. The highest BCUT2D eigenvalue weighted by Gasteiger charge is 2.35. The molecule has 1 atom stereocenters. The topological polar surface area (TPSA) is 108 Å². The number of ether oxygens (including phenoxy) is 3. The second kappa shape index (κ2) is 12.5. The standard InChI is InChI=1S/C27H35N5O5/c1-35-16-15-31(25(33)18-32-23-12-8-7-11-22(23)29-30-32)26(27(34)28-19-9-5-4-6-10-19)21-14-13-20(36-2)17-24(21)37-3/h7-8,11-14,17,19,26H,4-6,9-10,15-16,18H2,1-3H3,(H,28,34)/t26-/m1/s1. The molecule has 10 heteroatoms. The largest absolute Gasteiger partial charge is 0.497 e. The van der Waals surface area contributed by atoms with Crippen LogP contribution in [0.3, 0.4) is 0 Å². The van der Waals surface area contributed by atoms with E-state index in [1.807, 2.05) is 24.3 Å². The van der Waals surface area contributed by atoms with Crippen molar-refractivity contribution in [3.8, 4) is 11.5 Å². The minimum absolute atomic E-state index is 0.0735. The zero-order valence-electron chi connectivity index (χ0n) is 21.7. The fourth-order valence-corrected chi connectivity index (χ4v) is 4.86. The number of aromatic nitrogens is 3. The Kier molecular flexibility index (Phi) is 8.95.